The Labute approximate surface area is 160 Å². The van der Waals surface area contributed by atoms with Gasteiger partial charge in [0.25, 0.3) is 0 Å². The quantitative estimate of drug-likeness (QED) is 0.685. The fourth-order valence-electron chi connectivity index (χ4n) is 7.34. The van der Waals surface area contributed by atoms with Crippen LogP contribution in [-0.2, 0) is 9.59 Å². The van der Waals surface area contributed by atoms with Gasteiger partial charge in [0.15, 0.2) is 11.6 Å². The summed E-state index contributed by atoms with van der Waals surface area (Å²) in [5, 5.41) is 31.9. The number of fused-ring (bicyclic) bond motifs is 5. The van der Waals surface area contributed by atoms with Gasteiger partial charge in [0.1, 0.15) is 12.2 Å². The number of ketones is 2. The summed E-state index contributed by atoms with van der Waals surface area (Å²) in [4.78, 5) is 24.4. The minimum atomic E-state index is -1.57. The number of rotatable bonds is 2. The topological polar surface area (TPSA) is 94.8 Å². The summed E-state index contributed by atoms with van der Waals surface area (Å²) in [5.74, 6) is -0.0768. The summed E-state index contributed by atoms with van der Waals surface area (Å²) in [6.45, 7) is 5.48. The van der Waals surface area contributed by atoms with E-state index >= 15 is 0 Å². The van der Waals surface area contributed by atoms with Gasteiger partial charge in [-0.3, -0.25) is 9.59 Å². The maximum absolute atomic E-state index is 12.4. The van der Waals surface area contributed by atoms with Gasteiger partial charge < -0.3 is 15.3 Å². The molecule has 4 aliphatic rings. The first-order valence-electron chi connectivity index (χ1n) is 10.1. The van der Waals surface area contributed by atoms with Crippen LogP contribution in [0, 0.1) is 34.5 Å². The summed E-state index contributed by atoms with van der Waals surface area (Å²) in [5.41, 5.74) is -1.59. The van der Waals surface area contributed by atoms with E-state index in [4.69, 9.17) is 0 Å². The van der Waals surface area contributed by atoms with Crippen molar-refractivity contribution in [3.8, 4) is 0 Å². The summed E-state index contributed by atoms with van der Waals surface area (Å²) in [6.07, 6.45) is 6.87. The van der Waals surface area contributed by atoms with Crippen molar-refractivity contribution in [2.75, 3.05) is 6.61 Å². The van der Waals surface area contributed by atoms with E-state index < -0.39 is 29.5 Å². The molecule has 0 amide bonds. The van der Waals surface area contributed by atoms with Crippen LogP contribution >= 0.6 is 0 Å². The minimum Gasteiger partial charge on any atom is -0.393 e. The van der Waals surface area contributed by atoms with E-state index in [1.54, 1.807) is 12.2 Å². The van der Waals surface area contributed by atoms with E-state index in [0.29, 0.717) is 12.8 Å². The Morgan fingerprint density at radius 1 is 1.33 bits per heavy atom. The largest absolute Gasteiger partial charge is 0.393 e. The number of hydrogen-bond donors (Lipinski definition) is 3. The fourth-order valence-corrected chi connectivity index (χ4v) is 7.34. The molecule has 0 heterocycles. The normalized spacial score (nSPS) is 51.3. The highest BCUT2D eigenvalue weighted by Crippen LogP contribution is 2.67. The lowest BCUT2D eigenvalue weighted by Crippen LogP contribution is -2.62. The SMILES string of the molecule is C[C@@H]1C[C@@H]2[C@H]([C@@H](O)C[C@@]3(C)[C@H]2CC[C@@]3(O)C(=O)CO)[C@@]2(C)C=CC(=O)C=C12. The van der Waals surface area contributed by atoms with Gasteiger partial charge in [-0.15, -0.1) is 0 Å². The molecule has 3 saturated carbocycles. The number of Topliss-reactive ketones (excluding diaryl/α,β-unsaturated/α-hetero) is 1. The molecule has 3 fully saturated rings. The van der Waals surface area contributed by atoms with E-state index in [9.17, 15) is 24.9 Å². The summed E-state index contributed by atoms with van der Waals surface area (Å²) < 4.78 is 0. The van der Waals surface area contributed by atoms with Crippen LogP contribution in [0.15, 0.2) is 23.8 Å². The van der Waals surface area contributed by atoms with Gasteiger partial charge in [0.2, 0.25) is 0 Å². The van der Waals surface area contributed by atoms with E-state index in [1.165, 1.54) is 0 Å². The van der Waals surface area contributed by atoms with Crippen LogP contribution in [0.2, 0.25) is 0 Å². The molecule has 8 atom stereocenters. The Morgan fingerprint density at radius 2 is 2.04 bits per heavy atom. The Morgan fingerprint density at radius 3 is 2.70 bits per heavy atom. The summed E-state index contributed by atoms with van der Waals surface area (Å²) >= 11 is 0. The van der Waals surface area contributed by atoms with Gasteiger partial charge in [-0.05, 0) is 55.6 Å². The highest BCUT2D eigenvalue weighted by molar-refractivity contribution is 6.01. The molecule has 0 radical (unpaired) electrons. The molecule has 4 aliphatic carbocycles. The molecule has 3 N–H and O–H groups in total. The summed E-state index contributed by atoms with van der Waals surface area (Å²) in [6, 6.07) is 0. The molecule has 0 aromatic carbocycles. The van der Waals surface area contributed by atoms with Crippen LogP contribution in [0.25, 0.3) is 0 Å². The fraction of sp³-hybridized carbons (Fsp3) is 0.727. The Bertz CT molecular complexity index is 754. The predicted molar refractivity (Wildman–Crippen MR) is 99.6 cm³/mol. The molecule has 5 heteroatoms. The van der Waals surface area contributed by atoms with Crippen LogP contribution in [-0.4, -0.2) is 45.2 Å². The van der Waals surface area contributed by atoms with E-state index in [1.807, 2.05) is 13.0 Å². The molecule has 0 aliphatic heterocycles. The van der Waals surface area contributed by atoms with Crippen molar-refractivity contribution in [3.05, 3.63) is 23.8 Å². The van der Waals surface area contributed by atoms with Crippen LogP contribution in [0.1, 0.15) is 46.5 Å². The standard InChI is InChI=1S/C22H30O5/c1-12-8-14-15-5-7-22(27,18(26)11-23)21(15,3)10-17(25)19(14)20(2)6-4-13(24)9-16(12)20/h4,6,9,12,14-15,17,19,23,25,27H,5,7-8,10-11H2,1-3H3/t12-,14+,15+,17+,19-,20+,21+,22-/m1/s1. The lowest BCUT2D eigenvalue weighted by atomic mass is 9.45. The average Bonchev–Trinajstić information content (AvgIpc) is 2.87. The van der Waals surface area contributed by atoms with Gasteiger partial charge in [-0.1, -0.05) is 32.4 Å². The van der Waals surface area contributed by atoms with Crippen molar-refractivity contribution in [1.29, 1.82) is 0 Å². The van der Waals surface area contributed by atoms with E-state index in [-0.39, 0.29) is 34.9 Å². The first kappa shape index (κ1) is 19.0. The van der Waals surface area contributed by atoms with Crippen molar-refractivity contribution in [3.63, 3.8) is 0 Å². The van der Waals surface area contributed by atoms with Gasteiger partial charge in [0, 0.05) is 16.7 Å². The third-order valence-electron chi connectivity index (χ3n) is 8.57. The number of aliphatic hydroxyl groups excluding tert-OH is 2. The number of allylic oxidation sites excluding steroid dienone is 4. The van der Waals surface area contributed by atoms with Crippen molar-refractivity contribution in [1.82, 2.24) is 0 Å². The Kier molecular flexibility index (Phi) is 4.12. The van der Waals surface area contributed by atoms with Crippen LogP contribution < -0.4 is 0 Å². The Hall–Kier alpha value is -1.30. The maximum Gasteiger partial charge on any atom is 0.190 e. The third-order valence-corrected chi connectivity index (χ3v) is 8.57. The Balaban J connectivity index is 1.78. The van der Waals surface area contributed by atoms with Crippen molar-refractivity contribution in [2.24, 2.45) is 34.5 Å². The smallest absolute Gasteiger partial charge is 0.190 e. The first-order chi connectivity index (χ1) is 12.6. The molecule has 5 nitrogen and oxygen atoms in total. The highest BCUT2D eigenvalue weighted by Gasteiger charge is 2.68. The van der Waals surface area contributed by atoms with Gasteiger partial charge in [-0.25, -0.2) is 0 Å². The van der Waals surface area contributed by atoms with Crippen molar-refractivity contribution < 1.29 is 24.9 Å². The molecule has 0 spiro atoms. The summed E-state index contributed by atoms with van der Waals surface area (Å²) in [7, 11) is 0. The van der Waals surface area contributed by atoms with Gasteiger partial charge >= 0.3 is 0 Å². The number of carbonyl (C=O) groups is 2. The molecule has 0 aromatic heterocycles. The van der Waals surface area contributed by atoms with Crippen molar-refractivity contribution in [2.45, 2.75) is 58.2 Å². The molecular formula is C22H30O5. The monoisotopic (exact) mass is 374 g/mol. The van der Waals surface area contributed by atoms with Crippen LogP contribution in [0.4, 0.5) is 0 Å². The second-order valence-electron chi connectivity index (χ2n) is 9.72. The molecule has 4 rings (SSSR count). The molecule has 0 unspecified atom stereocenters. The number of aliphatic hydroxyl groups is 3. The average molecular weight is 374 g/mol. The number of hydrogen-bond acceptors (Lipinski definition) is 5. The van der Waals surface area contributed by atoms with Gasteiger partial charge in [0.05, 0.1) is 6.10 Å². The molecule has 148 valence electrons. The third kappa shape index (κ3) is 2.28. The zero-order chi connectivity index (χ0) is 19.8. The van der Waals surface area contributed by atoms with E-state index in [2.05, 4.69) is 13.8 Å². The molecule has 0 bridgehead atoms. The maximum atomic E-state index is 12.4. The van der Waals surface area contributed by atoms with Crippen molar-refractivity contribution >= 4 is 11.6 Å². The highest BCUT2D eigenvalue weighted by atomic mass is 16.3. The van der Waals surface area contributed by atoms with Crippen LogP contribution in [0.5, 0.6) is 0 Å². The molecular weight excluding hydrogens is 344 g/mol. The second-order valence-corrected chi connectivity index (χ2v) is 9.72. The lowest BCUT2D eigenvalue weighted by molar-refractivity contribution is -0.180. The first-order valence-corrected chi connectivity index (χ1v) is 10.1. The van der Waals surface area contributed by atoms with Crippen LogP contribution in [0.3, 0.4) is 0 Å². The zero-order valence-corrected chi connectivity index (χ0v) is 16.3. The molecule has 0 saturated heterocycles. The molecule has 0 aromatic rings. The predicted octanol–water partition coefficient (Wildman–Crippen LogP) is 1.80. The second kappa shape index (κ2) is 5.85. The van der Waals surface area contributed by atoms with Gasteiger partial charge in [-0.2, -0.15) is 0 Å². The zero-order valence-electron chi connectivity index (χ0n) is 16.3. The number of carbonyl (C=O) groups excluding carboxylic acids is 2. The van der Waals surface area contributed by atoms with E-state index in [0.717, 1.165) is 18.4 Å². The minimum absolute atomic E-state index is 0.00620. The molecule has 27 heavy (non-hydrogen) atoms. The lowest BCUT2D eigenvalue weighted by Gasteiger charge is -2.60.